The number of nitrogens with one attached hydrogen (secondary N) is 1. The van der Waals surface area contributed by atoms with Crippen LogP contribution in [0.1, 0.15) is 44.2 Å². The molecule has 0 aromatic heterocycles. The molecule has 1 amide bonds. The second kappa shape index (κ2) is 6.36. The Labute approximate surface area is 144 Å². The Hall–Kier alpha value is -1.62. The predicted molar refractivity (Wildman–Crippen MR) is 95.4 cm³/mol. The fourth-order valence-corrected chi connectivity index (χ4v) is 5.21. The topological polar surface area (TPSA) is 63.2 Å². The van der Waals surface area contributed by atoms with Gasteiger partial charge in [0.1, 0.15) is 0 Å². The maximum absolute atomic E-state index is 12.3. The standard InChI is InChI=1S/C19H25NO3S/c1-19(2)9-7-16(12-15-5-3-4-6-17(15)19)20-18(21)11-14-8-10-24(22,23)13-14/h3-6,8,10,14,16H,7,9,11-13H2,1-2H3,(H,20,21). The number of carbonyl (C=O) groups excluding carboxylic acids is 1. The molecule has 0 bridgehead atoms. The number of amides is 1. The van der Waals surface area contributed by atoms with E-state index in [9.17, 15) is 13.2 Å². The minimum absolute atomic E-state index is 0.0519. The molecule has 1 N–H and O–H groups in total. The largest absolute Gasteiger partial charge is 0.353 e. The molecule has 0 saturated heterocycles. The average Bonchev–Trinajstić information content (AvgIpc) is 2.77. The first-order valence-electron chi connectivity index (χ1n) is 8.54. The van der Waals surface area contributed by atoms with E-state index in [2.05, 4.69) is 37.4 Å². The van der Waals surface area contributed by atoms with E-state index in [1.54, 1.807) is 6.08 Å². The van der Waals surface area contributed by atoms with Gasteiger partial charge in [-0.25, -0.2) is 8.42 Å². The zero-order valence-corrected chi connectivity index (χ0v) is 15.1. The van der Waals surface area contributed by atoms with Crippen LogP contribution in [0.25, 0.3) is 0 Å². The molecule has 3 rings (SSSR count). The van der Waals surface area contributed by atoms with Crippen LogP contribution in [0, 0.1) is 5.92 Å². The van der Waals surface area contributed by atoms with E-state index in [4.69, 9.17) is 0 Å². The van der Waals surface area contributed by atoms with E-state index in [0.29, 0.717) is 0 Å². The van der Waals surface area contributed by atoms with Gasteiger partial charge in [-0.2, -0.15) is 0 Å². The monoisotopic (exact) mass is 347 g/mol. The van der Waals surface area contributed by atoms with Crippen molar-refractivity contribution in [3.63, 3.8) is 0 Å². The highest BCUT2D eigenvalue weighted by atomic mass is 32.2. The van der Waals surface area contributed by atoms with Crippen LogP contribution >= 0.6 is 0 Å². The number of carbonyl (C=O) groups is 1. The lowest BCUT2D eigenvalue weighted by Crippen LogP contribution is -2.37. The maximum atomic E-state index is 12.3. The Morgan fingerprint density at radius 3 is 2.75 bits per heavy atom. The third-order valence-corrected chi connectivity index (χ3v) is 6.61. The summed E-state index contributed by atoms with van der Waals surface area (Å²) in [5.41, 5.74) is 2.78. The molecule has 0 saturated carbocycles. The lowest BCUT2D eigenvalue weighted by atomic mass is 9.80. The van der Waals surface area contributed by atoms with Crippen molar-refractivity contribution in [1.29, 1.82) is 0 Å². The first-order chi connectivity index (χ1) is 11.3. The Morgan fingerprint density at radius 1 is 1.29 bits per heavy atom. The van der Waals surface area contributed by atoms with E-state index in [-0.39, 0.29) is 35.5 Å². The first kappa shape index (κ1) is 17.2. The Kier molecular flexibility index (Phi) is 4.56. The smallest absolute Gasteiger partial charge is 0.220 e. The summed E-state index contributed by atoms with van der Waals surface area (Å²) in [4.78, 5) is 12.3. The van der Waals surface area contributed by atoms with Crippen LogP contribution in [-0.2, 0) is 26.5 Å². The maximum Gasteiger partial charge on any atom is 0.220 e. The number of allylic oxidation sites excluding steroid dienone is 1. The molecule has 5 heteroatoms. The third kappa shape index (κ3) is 3.89. The summed E-state index contributed by atoms with van der Waals surface area (Å²) in [5, 5.41) is 4.36. The lowest BCUT2D eigenvalue weighted by molar-refractivity contribution is -0.122. The Balaban J connectivity index is 1.64. The molecule has 2 atom stereocenters. The molecule has 1 aromatic rings. The van der Waals surface area contributed by atoms with Gasteiger partial charge in [0.15, 0.2) is 9.84 Å². The summed E-state index contributed by atoms with van der Waals surface area (Å²) >= 11 is 0. The molecule has 0 radical (unpaired) electrons. The molecule has 2 aliphatic rings. The highest BCUT2D eigenvalue weighted by Gasteiger charge is 2.30. The summed E-state index contributed by atoms with van der Waals surface area (Å²) in [5.74, 6) is -0.186. The molecular formula is C19H25NO3S. The van der Waals surface area contributed by atoms with Crippen LogP contribution in [0.2, 0.25) is 0 Å². The molecular weight excluding hydrogens is 322 g/mol. The van der Waals surface area contributed by atoms with Crippen LogP contribution in [0.4, 0.5) is 0 Å². The predicted octanol–water partition coefficient (Wildman–Crippen LogP) is 2.73. The van der Waals surface area contributed by atoms with Crippen molar-refractivity contribution in [2.24, 2.45) is 5.92 Å². The van der Waals surface area contributed by atoms with Crippen LogP contribution in [0.15, 0.2) is 35.7 Å². The van der Waals surface area contributed by atoms with Crippen molar-refractivity contribution in [3.8, 4) is 0 Å². The van der Waals surface area contributed by atoms with Gasteiger partial charge < -0.3 is 5.32 Å². The summed E-state index contributed by atoms with van der Waals surface area (Å²) in [7, 11) is -3.10. The fourth-order valence-electron chi connectivity index (χ4n) is 3.81. The number of hydrogen-bond acceptors (Lipinski definition) is 3. The molecule has 24 heavy (non-hydrogen) atoms. The van der Waals surface area contributed by atoms with Crippen molar-refractivity contribution < 1.29 is 13.2 Å². The van der Waals surface area contributed by atoms with Crippen molar-refractivity contribution in [2.45, 2.75) is 51.0 Å². The van der Waals surface area contributed by atoms with Crippen molar-refractivity contribution >= 4 is 15.7 Å². The van der Waals surface area contributed by atoms with E-state index in [0.717, 1.165) is 19.3 Å². The van der Waals surface area contributed by atoms with Gasteiger partial charge in [0, 0.05) is 23.8 Å². The second-order valence-corrected chi connectivity index (χ2v) is 9.60. The van der Waals surface area contributed by atoms with E-state index < -0.39 is 9.84 Å². The minimum Gasteiger partial charge on any atom is -0.353 e. The van der Waals surface area contributed by atoms with Gasteiger partial charge in [-0.3, -0.25) is 4.79 Å². The first-order valence-corrected chi connectivity index (χ1v) is 10.3. The van der Waals surface area contributed by atoms with Crippen molar-refractivity contribution in [2.75, 3.05) is 5.75 Å². The summed E-state index contributed by atoms with van der Waals surface area (Å²) < 4.78 is 22.9. The molecule has 130 valence electrons. The summed E-state index contributed by atoms with van der Waals surface area (Å²) in [6.07, 6.45) is 4.68. The van der Waals surface area contributed by atoms with Crippen LogP contribution in [0.5, 0.6) is 0 Å². The Bertz CT molecular complexity index is 765. The molecule has 1 aromatic carbocycles. The quantitative estimate of drug-likeness (QED) is 0.855. The molecule has 1 aliphatic heterocycles. The molecule has 1 heterocycles. The van der Waals surface area contributed by atoms with E-state index in [1.807, 2.05) is 6.07 Å². The van der Waals surface area contributed by atoms with E-state index in [1.165, 1.54) is 16.5 Å². The minimum atomic E-state index is -3.10. The summed E-state index contributed by atoms with van der Waals surface area (Å²) in [6, 6.07) is 8.57. The normalized spacial score (nSPS) is 27.2. The third-order valence-electron chi connectivity index (χ3n) is 5.15. The average molecular weight is 347 g/mol. The van der Waals surface area contributed by atoms with Gasteiger partial charge in [0.25, 0.3) is 0 Å². The highest BCUT2D eigenvalue weighted by molar-refractivity contribution is 7.94. The molecule has 0 spiro atoms. The van der Waals surface area contributed by atoms with Gasteiger partial charge in [0.2, 0.25) is 5.91 Å². The number of fused-ring (bicyclic) bond motifs is 1. The zero-order chi connectivity index (χ0) is 17.4. The summed E-state index contributed by atoms with van der Waals surface area (Å²) in [6.45, 7) is 4.51. The SMILES string of the molecule is CC1(C)CCC(NC(=O)CC2C=CS(=O)(=O)C2)Cc2ccccc21. The van der Waals surface area contributed by atoms with Crippen LogP contribution < -0.4 is 5.32 Å². The van der Waals surface area contributed by atoms with Gasteiger partial charge in [-0.15, -0.1) is 0 Å². The number of sulfone groups is 1. The lowest BCUT2D eigenvalue weighted by Gasteiger charge is -2.25. The Morgan fingerprint density at radius 2 is 2.04 bits per heavy atom. The fraction of sp³-hybridized carbons (Fsp3) is 0.526. The molecule has 0 fully saturated rings. The van der Waals surface area contributed by atoms with Gasteiger partial charge in [-0.1, -0.05) is 44.2 Å². The van der Waals surface area contributed by atoms with Crippen molar-refractivity contribution in [1.82, 2.24) is 5.32 Å². The van der Waals surface area contributed by atoms with Gasteiger partial charge >= 0.3 is 0 Å². The van der Waals surface area contributed by atoms with Crippen LogP contribution in [0.3, 0.4) is 0 Å². The second-order valence-electron chi connectivity index (χ2n) is 7.67. The number of benzene rings is 1. The number of hydrogen-bond donors (Lipinski definition) is 1. The molecule has 2 unspecified atom stereocenters. The molecule has 1 aliphatic carbocycles. The number of rotatable bonds is 3. The molecule has 4 nitrogen and oxygen atoms in total. The van der Waals surface area contributed by atoms with Gasteiger partial charge in [0.05, 0.1) is 5.75 Å². The van der Waals surface area contributed by atoms with Gasteiger partial charge in [-0.05, 0) is 35.8 Å². The van der Waals surface area contributed by atoms with Crippen molar-refractivity contribution in [3.05, 3.63) is 46.9 Å². The highest BCUT2D eigenvalue weighted by Crippen LogP contribution is 2.35. The zero-order valence-electron chi connectivity index (χ0n) is 14.3. The van der Waals surface area contributed by atoms with Crippen LogP contribution in [-0.4, -0.2) is 26.1 Å². The van der Waals surface area contributed by atoms with E-state index >= 15 is 0 Å².